The number of nitrogens with one attached hydrogen (secondary N) is 1. The average Bonchev–Trinajstić information content (AvgIpc) is 3.36. The Morgan fingerprint density at radius 3 is 2.66 bits per heavy atom. The molecule has 5 nitrogen and oxygen atoms in total. The Bertz CT molecular complexity index is 978. The monoisotopic (exact) mass is 391 g/mol. The molecule has 5 heteroatoms. The molecule has 2 aromatic carbocycles. The van der Waals surface area contributed by atoms with Gasteiger partial charge in [0.1, 0.15) is 6.61 Å². The maximum Gasteiger partial charge on any atom is 0.314 e. The Labute approximate surface area is 170 Å². The molecule has 0 aliphatic carbocycles. The minimum absolute atomic E-state index is 0.0929. The molecule has 0 spiro atoms. The Kier molecular flexibility index (Phi) is 5.56. The van der Waals surface area contributed by atoms with Crippen molar-refractivity contribution in [1.82, 2.24) is 4.98 Å². The lowest BCUT2D eigenvalue weighted by atomic mass is 9.88. The lowest BCUT2D eigenvalue weighted by Crippen LogP contribution is -2.21. The summed E-state index contributed by atoms with van der Waals surface area (Å²) in [6, 6.07) is 17.9. The van der Waals surface area contributed by atoms with Crippen LogP contribution in [-0.2, 0) is 22.6 Å². The first-order valence-electron chi connectivity index (χ1n) is 9.87. The highest BCUT2D eigenvalue weighted by molar-refractivity contribution is 5.79. The minimum atomic E-state index is -0.364. The number of H-pyrrole nitrogens is 1. The summed E-state index contributed by atoms with van der Waals surface area (Å²) in [7, 11) is 0. The van der Waals surface area contributed by atoms with Crippen molar-refractivity contribution in [2.75, 3.05) is 6.79 Å². The first kappa shape index (κ1) is 19.1. The van der Waals surface area contributed by atoms with E-state index >= 15 is 0 Å². The number of carbonyl (C=O) groups is 1. The van der Waals surface area contributed by atoms with Crippen molar-refractivity contribution < 1.29 is 19.0 Å². The van der Waals surface area contributed by atoms with Crippen molar-refractivity contribution in [2.45, 2.75) is 32.8 Å². The van der Waals surface area contributed by atoms with Crippen molar-refractivity contribution in [3.8, 4) is 11.5 Å². The van der Waals surface area contributed by atoms with Gasteiger partial charge < -0.3 is 19.2 Å². The highest BCUT2D eigenvalue weighted by atomic mass is 16.7. The van der Waals surface area contributed by atoms with E-state index in [1.807, 2.05) is 62.5 Å². The molecule has 1 aliphatic heterocycles. The molecule has 150 valence electrons. The highest BCUT2D eigenvalue weighted by Gasteiger charge is 2.28. The van der Waals surface area contributed by atoms with Crippen LogP contribution in [0.1, 0.15) is 42.1 Å². The van der Waals surface area contributed by atoms with Gasteiger partial charge in [0.05, 0.1) is 11.6 Å². The summed E-state index contributed by atoms with van der Waals surface area (Å²) < 4.78 is 16.6. The number of benzene rings is 2. The van der Waals surface area contributed by atoms with Crippen LogP contribution in [-0.4, -0.2) is 17.7 Å². The van der Waals surface area contributed by atoms with E-state index in [0.29, 0.717) is 11.5 Å². The molecule has 4 rings (SSSR count). The van der Waals surface area contributed by atoms with E-state index < -0.39 is 0 Å². The van der Waals surface area contributed by atoms with Crippen molar-refractivity contribution in [3.05, 3.63) is 83.2 Å². The van der Waals surface area contributed by atoms with Crippen LogP contribution >= 0.6 is 0 Å². The van der Waals surface area contributed by atoms with Gasteiger partial charge in [0, 0.05) is 6.20 Å². The van der Waals surface area contributed by atoms with Crippen LogP contribution in [0.2, 0.25) is 0 Å². The quantitative estimate of drug-likeness (QED) is 0.587. The highest BCUT2D eigenvalue weighted by Crippen LogP contribution is 2.37. The van der Waals surface area contributed by atoms with Gasteiger partial charge in [0.2, 0.25) is 6.79 Å². The van der Waals surface area contributed by atoms with Gasteiger partial charge in [-0.15, -0.1) is 0 Å². The lowest BCUT2D eigenvalue weighted by molar-refractivity contribution is -0.148. The number of hydrogen-bond acceptors (Lipinski definition) is 4. The first-order valence-corrected chi connectivity index (χ1v) is 9.87. The standard InChI is InChI=1S/C24H25NO4/c1-16(2)23(19-8-9-21-22(13-19)29-15-28-21)24(26)27-14-20-18(10-11-25-20)12-17-6-4-3-5-7-17/h3-11,13,16,23,25H,12,14-15H2,1-2H3. The fourth-order valence-electron chi connectivity index (χ4n) is 3.68. The number of rotatable bonds is 7. The van der Waals surface area contributed by atoms with E-state index in [4.69, 9.17) is 14.2 Å². The molecule has 0 bridgehead atoms. The number of ether oxygens (including phenoxy) is 3. The minimum Gasteiger partial charge on any atom is -0.459 e. The topological polar surface area (TPSA) is 60.6 Å². The molecule has 0 radical (unpaired) electrons. The van der Waals surface area contributed by atoms with Gasteiger partial charge >= 0.3 is 5.97 Å². The fraction of sp³-hybridized carbons (Fsp3) is 0.292. The summed E-state index contributed by atoms with van der Waals surface area (Å²) in [6.07, 6.45) is 2.69. The summed E-state index contributed by atoms with van der Waals surface area (Å²) >= 11 is 0. The van der Waals surface area contributed by atoms with Gasteiger partial charge in [-0.2, -0.15) is 0 Å². The fourth-order valence-corrected chi connectivity index (χ4v) is 3.68. The van der Waals surface area contributed by atoms with Crippen molar-refractivity contribution >= 4 is 5.97 Å². The van der Waals surface area contributed by atoms with Crippen LogP contribution in [0.25, 0.3) is 0 Å². The Hall–Kier alpha value is -3.21. The Balaban J connectivity index is 1.45. The second kappa shape index (κ2) is 8.43. The van der Waals surface area contributed by atoms with Crippen LogP contribution in [0.4, 0.5) is 0 Å². The molecule has 29 heavy (non-hydrogen) atoms. The van der Waals surface area contributed by atoms with Gasteiger partial charge in [0.15, 0.2) is 11.5 Å². The molecule has 2 heterocycles. The van der Waals surface area contributed by atoms with Crippen molar-refractivity contribution in [1.29, 1.82) is 0 Å². The van der Waals surface area contributed by atoms with Gasteiger partial charge in [0.25, 0.3) is 0 Å². The lowest BCUT2D eigenvalue weighted by Gasteiger charge is -2.20. The molecule has 1 aromatic heterocycles. The number of carbonyl (C=O) groups excluding carboxylic acids is 1. The van der Waals surface area contributed by atoms with E-state index in [1.165, 1.54) is 5.56 Å². The third-order valence-corrected chi connectivity index (χ3v) is 5.20. The van der Waals surface area contributed by atoms with Gasteiger partial charge in [-0.1, -0.05) is 50.2 Å². The van der Waals surface area contributed by atoms with E-state index in [0.717, 1.165) is 23.2 Å². The van der Waals surface area contributed by atoms with Crippen LogP contribution < -0.4 is 9.47 Å². The molecule has 0 saturated carbocycles. The molecule has 3 aromatic rings. The maximum atomic E-state index is 12.9. The number of aromatic amines is 1. The molecule has 1 unspecified atom stereocenters. The Morgan fingerprint density at radius 1 is 1.07 bits per heavy atom. The van der Waals surface area contributed by atoms with E-state index in [2.05, 4.69) is 17.1 Å². The average molecular weight is 391 g/mol. The van der Waals surface area contributed by atoms with E-state index in [9.17, 15) is 4.79 Å². The number of fused-ring (bicyclic) bond motifs is 1. The molecule has 1 atom stereocenters. The SMILES string of the molecule is CC(C)C(C(=O)OCc1[nH]ccc1Cc1ccccc1)c1ccc2c(c1)OCO2. The van der Waals surface area contributed by atoms with Gasteiger partial charge in [-0.3, -0.25) is 4.79 Å². The van der Waals surface area contributed by atoms with E-state index in [-0.39, 0.29) is 31.2 Å². The van der Waals surface area contributed by atoms with Crippen LogP contribution in [0.3, 0.4) is 0 Å². The molecule has 1 aliphatic rings. The zero-order valence-electron chi connectivity index (χ0n) is 16.7. The summed E-state index contributed by atoms with van der Waals surface area (Å²) in [5.74, 6) is 0.878. The largest absolute Gasteiger partial charge is 0.459 e. The zero-order chi connectivity index (χ0) is 20.2. The van der Waals surface area contributed by atoms with Crippen molar-refractivity contribution in [2.24, 2.45) is 5.92 Å². The predicted octanol–water partition coefficient (Wildman–Crippen LogP) is 4.82. The second-order valence-electron chi connectivity index (χ2n) is 7.59. The zero-order valence-corrected chi connectivity index (χ0v) is 16.7. The summed E-state index contributed by atoms with van der Waals surface area (Å²) in [5, 5.41) is 0. The summed E-state index contributed by atoms with van der Waals surface area (Å²) in [5.41, 5.74) is 4.16. The summed E-state index contributed by atoms with van der Waals surface area (Å²) in [4.78, 5) is 16.2. The number of esters is 1. The van der Waals surface area contributed by atoms with Crippen LogP contribution in [0.15, 0.2) is 60.8 Å². The van der Waals surface area contributed by atoms with Gasteiger partial charge in [-0.05, 0) is 47.2 Å². The number of hydrogen-bond donors (Lipinski definition) is 1. The summed E-state index contributed by atoms with van der Waals surface area (Å²) in [6.45, 7) is 4.48. The third kappa shape index (κ3) is 4.29. The van der Waals surface area contributed by atoms with Crippen LogP contribution in [0, 0.1) is 5.92 Å². The Morgan fingerprint density at radius 2 is 1.86 bits per heavy atom. The maximum absolute atomic E-state index is 12.9. The molecule has 1 N–H and O–H groups in total. The molecule has 0 amide bonds. The normalized spacial score (nSPS) is 13.5. The molecule has 0 fully saturated rings. The third-order valence-electron chi connectivity index (χ3n) is 5.20. The van der Waals surface area contributed by atoms with Crippen molar-refractivity contribution in [3.63, 3.8) is 0 Å². The van der Waals surface area contributed by atoms with E-state index in [1.54, 1.807) is 0 Å². The number of aromatic nitrogens is 1. The molecular formula is C24H25NO4. The smallest absolute Gasteiger partial charge is 0.314 e. The predicted molar refractivity (Wildman–Crippen MR) is 110 cm³/mol. The molecular weight excluding hydrogens is 366 g/mol. The van der Waals surface area contributed by atoms with Gasteiger partial charge in [-0.25, -0.2) is 0 Å². The van der Waals surface area contributed by atoms with Crippen LogP contribution in [0.5, 0.6) is 11.5 Å². The molecule has 0 saturated heterocycles. The second-order valence-corrected chi connectivity index (χ2v) is 7.59. The first-order chi connectivity index (χ1) is 14.1.